The van der Waals surface area contributed by atoms with E-state index in [1.165, 1.54) is 12.1 Å². The minimum absolute atomic E-state index is 0.334. The van der Waals surface area contributed by atoms with Crippen LogP contribution in [0.3, 0.4) is 0 Å². The molecule has 2 N–H and O–H groups in total. The fourth-order valence-corrected chi connectivity index (χ4v) is 2.25. The number of H-pyrrole nitrogens is 1. The molecule has 4 nitrogen and oxygen atoms in total. The summed E-state index contributed by atoms with van der Waals surface area (Å²) in [6.45, 7) is 0. The van der Waals surface area contributed by atoms with Crippen LogP contribution in [-0.2, 0) is 0 Å². The first-order valence-corrected chi connectivity index (χ1v) is 6.59. The lowest BCUT2D eigenvalue weighted by Gasteiger charge is -2.11. The van der Waals surface area contributed by atoms with Gasteiger partial charge in [-0.1, -0.05) is 12.1 Å². The summed E-state index contributed by atoms with van der Waals surface area (Å²) in [6, 6.07) is 9.24. The summed E-state index contributed by atoms with van der Waals surface area (Å²) in [6.07, 6.45) is -0.998. The van der Waals surface area contributed by atoms with Crippen LogP contribution in [0, 0.1) is 5.82 Å². The molecule has 0 spiro atoms. The van der Waals surface area contributed by atoms with Crippen LogP contribution in [0.25, 0.3) is 11.1 Å². The molecule has 102 valence electrons. The van der Waals surface area contributed by atoms with E-state index in [1.807, 2.05) is 0 Å². The number of benzene rings is 2. The average Bonchev–Trinajstić information content (AvgIpc) is 2.80. The number of fused-ring (bicyclic) bond motifs is 1. The number of aromatic nitrogens is 1. The maximum absolute atomic E-state index is 13.5. The van der Waals surface area contributed by atoms with E-state index in [0.29, 0.717) is 26.7 Å². The first-order chi connectivity index (χ1) is 9.54. The predicted molar refractivity (Wildman–Crippen MR) is 75.0 cm³/mol. The third-order valence-corrected chi connectivity index (χ3v) is 3.66. The molecular weight excluding hydrogens is 329 g/mol. The molecule has 0 aliphatic rings. The number of rotatable bonds is 2. The smallest absolute Gasteiger partial charge is 0.408 e. The standard InChI is InChI=1S/C14H9BrFNO3/c15-9-3-1-7(5-10(9)16)13(18)8-2-4-11-12(6-8)20-14(19)17-11/h1-6,13,18H,(H,17,19). The van der Waals surface area contributed by atoms with E-state index in [2.05, 4.69) is 20.9 Å². The van der Waals surface area contributed by atoms with Crippen LogP contribution in [0.2, 0.25) is 0 Å². The van der Waals surface area contributed by atoms with Crippen LogP contribution >= 0.6 is 15.9 Å². The zero-order valence-electron chi connectivity index (χ0n) is 10.1. The fourth-order valence-electron chi connectivity index (χ4n) is 2.01. The molecule has 20 heavy (non-hydrogen) atoms. The van der Waals surface area contributed by atoms with Gasteiger partial charge in [-0.3, -0.25) is 4.98 Å². The molecular formula is C14H9BrFNO3. The van der Waals surface area contributed by atoms with Crippen LogP contribution < -0.4 is 5.76 Å². The largest absolute Gasteiger partial charge is 0.417 e. The fraction of sp³-hybridized carbons (Fsp3) is 0.0714. The molecule has 3 rings (SSSR count). The minimum atomic E-state index is -0.998. The Morgan fingerprint density at radius 2 is 1.90 bits per heavy atom. The van der Waals surface area contributed by atoms with Crippen LogP contribution in [0.15, 0.2) is 50.1 Å². The zero-order chi connectivity index (χ0) is 14.3. The lowest BCUT2D eigenvalue weighted by molar-refractivity contribution is 0.220. The van der Waals surface area contributed by atoms with Gasteiger partial charge in [0.2, 0.25) is 0 Å². The highest BCUT2D eigenvalue weighted by Gasteiger charge is 2.14. The van der Waals surface area contributed by atoms with Gasteiger partial charge in [0.1, 0.15) is 11.9 Å². The van der Waals surface area contributed by atoms with Gasteiger partial charge in [0.25, 0.3) is 0 Å². The van der Waals surface area contributed by atoms with E-state index in [0.717, 1.165) is 0 Å². The molecule has 0 bridgehead atoms. The Hall–Kier alpha value is -1.92. The van der Waals surface area contributed by atoms with Gasteiger partial charge >= 0.3 is 5.76 Å². The molecule has 1 atom stereocenters. The molecule has 6 heteroatoms. The van der Waals surface area contributed by atoms with E-state index in [-0.39, 0.29) is 0 Å². The second-order valence-electron chi connectivity index (χ2n) is 4.35. The molecule has 1 unspecified atom stereocenters. The molecule has 1 heterocycles. The van der Waals surface area contributed by atoms with Crippen molar-refractivity contribution in [3.63, 3.8) is 0 Å². The average molecular weight is 338 g/mol. The first kappa shape index (κ1) is 13.1. The topological polar surface area (TPSA) is 66.2 Å². The maximum atomic E-state index is 13.5. The summed E-state index contributed by atoms with van der Waals surface area (Å²) in [4.78, 5) is 13.6. The van der Waals surface area contributed by atoms with Gasteiger partial charge in [0.05, 0.1) is 9.99 Å². The van der Waals surface area contributed by atoms with Crippen molar-refractivity contribution in [2.45, 2.75) is 6.10 Å². The van der Waals surface area contributed by atoms with Crippen molar-refractivity contribution >= 4 is 27.0 Å². The number of hydrogen-bond donors (Lipinski definition) is 2. The minimum Gasteiger partial charge on any atom is -0.408 e. The van der Waals surface area contributed by atoms with Gasteiger partial charge < -0.3 is 9.52 Å². The number of aromatic amines is 1. The molecule has 1 aromatic heterocycles. The van der Waals surface area contributed by atoms with Gasteiger partial charge in [-0.15, -0.1) is 0 Å². The Kier molecular flexibility index (Phi) is 3.19. The number of nitrogens with one attached hydrogen (secondary N) is 1. The second-order valence-corrected chi connectivity index (χ2v) is 5.20. The Labute approximate surface area is 121 Å². The van der Waals surface area contributed by atoms with Crippen molar-refractivity contribution in [1.82, 2.24) is 4.98 Å². The molecule has 0 radical (unpaired) electrons. The third-order valence-electron chi connectivity index (χ3n) is 3.02. The number of aliphatic hydroxyl groups excluding tert-OH is 1. The number of aliphatic hydroxyl groups is 1. The zero-order valence-corrected chi connectivity index (χ0v) is 11.6. The Morgan fingerprint density at radius 3 is 2.65 bits per heavy atom. The summed E-state index contributed by atoms with van der Waals surface area (Å²) in [7, 11) is 0. The van der Waals surface area contributed by atoms with Crippen molar-refractivity contribution in [2.24, 2.45) is 0 Å². The highest BCUT2D eigenvalue weighted by Crippen LogP contribution is 2.27. The quantitative estimate of drug-likeness (QED) is 0.755. The van der Waals surface area contributed by atoms with Gasteiger partial charge in [-0.05, 0) is 51.3 Å². The molecule has 2 aromatic carbocycles. The van der Waals surface area contributed by atoms with E-state index >= 15 is 0 Å². The van der Waals surface area contributed by atoms with E-state index < -0.39 is 17.7 Å². The molecule has 3 aromatic rings. The number of halogens is 2. The molecule has 0 amide bonds. The molecule has 0 saturated carbocycles. The molecule has 0 saturated heterocycles. The Balaban J connectivity index is 2.04. The molecule has 0 aliphatic heterocycles. The van der Waals surface area contributed by atoms with Crippen molar-refractivity contribution in [1.29, 1.82) is 0 Å². The summed E-state index contributed by atoms with van der Waals surface area (Å²) in [5.74, 6) is -1.00. The highest BCUT2D eigenvalue weighted by atomic mass is 79.9. The van der Waals surface area contributed by atoms with E-state index in [4.69, 9.17) is 4.42 Å². The highest BCUT2D eigenvalue weighted by molar-refractivity contribution is 9.10. The predicted octanol–water partition coefficient (Wildman–Crippen LogP) is 3.10. The monoisotopic (exact) mass is 337 g/mol. The van der Waals surface area contributed by atoms with Crippen LogP contribution in [-0.4, -0.2) is 10.1 Å². The van der Waals surface area contributed by atoms with E-state index in [9.17, 15) is 14.3 Å². The van der Waals surface area contributed by atoms with Crippen LogP contribution in [0.4, 0.5) is 4.39 Å². The van der Waals surface area contributed by atoms with Crippen LogP contribution in [0.5, 0.6) is 0 Å². The normalized spacial score (nSPS) is 12.8. The van der Waals surface area contributed by atoms with Crippen molar-refractivity contribution in [3.8, 4) is 0 Å². The Morgan fingerprint density at radius 1 is 1.20 bits per heavy atom. The third kappa shape index (κ3) is 2.28. The SMILES string of the molecule is O=c1[nH]c2ccc(C(O)c3ccc(Br)c(F)c3)cc2o1. The maximum Gasteiger partial charge on any atom is 0.417 e. The van der Waals surface area contributed by atoms with Gasteiger partial charge in [-0.2, -0.15) is 0 Å². The van der Waals surface area contributed by atoms with Gasteiger partial charge in [-0.25, -0.2) is 9.18 Å². The number of oxazole rings is 1. The molecule has 0 fully saturated rings. The summed E-state index contributed by atoms with van der Waals surface area (Å²) < 4.78 is 18.8. The lowest BCUT2D eigenvalue weighted by Crippen LogP contribution is -2.00. The lowest BCUT2D eigenvalue weighted by atomic mass is 10.0. The second kappa shape index (κ2) is 4.88. The van der Waals surface area contributed by atoms with Gasteiger partial charge in [0, 0.05) is 0 Å². The van der Waals surface area contributed by atoms with Crippen molar-refractivity contribution < 1.29 is 13.9 Å². The molecule has 0 aliphatic carbocycles. The van der Waals surface area contributed by atoms with E-state index in [1.54, 1.807) is 24.3 Å². The van der Waals surface area contributed by atoms with Crippen molar-refractivity contribution in [3.05, 3.63) is 68.4 Å². The summed E-state index contributed by atoms with van der Waals surface area (Å²) >= 11 is 3.06. The number of hydrogen-bond acceptors (Lipinski definition) is 3. The summed E-state index contributed by atoms with van der Waals surface area (Å²) in [5, 5.41) is 10.3. The first-order valence-electron chi connectivity index (χ1n) is 5.80. The summed E-state index contributed by atoms with van der Waals surface area (Å²) in [5.41, 5.74) is 1.84. The van der Waals surface area contributed by atoms with Gasteiger partial charge in [0.15, 0.2) is 5.58 Å². The van der Waals surface area contributed by atoms with Crippen molar-refractivity contribution in [2.75, 3.05) is 0 Å². The van der Waals surface area contributed by atoms with Crippen LogP contribution in [0.1, 0.15) is 17.2 Å². The Bertz CT molecular complexity index is 840.